The van der Waals surface area contributed by atoms with E-state index in [2.05, 4.69) is 134 Å². The summed E-state index contributed by atoms with van der Waals surface area (Å²) >= 11 is 2.43. The van der Waals surface area contributed by atoms with Crippen molar-refractivity contribution < 1.29 is 20.4 Å². The Balaban J connectivity index is 1.96. The fourth-order valence-electron chi connectivity index (χ4n) is 6.53. The van der Waals surface area contributed by atoms with Crippen LogP contribution in [0.2, 0.25) is 0 Å². The van der Waals surface area contributed by atoms with Gasteiger partial charge in [-0.3, -0.25) is 0 Å². The van der Waals surface area contributed by atoms with Crippen LogP contribution in [0.1, 0.15) is 103 Å². The third kappa shape index (κ3) is 7.18. The van der Waals surface area contributed by atoms with Crippen LogP contribution in [0.5, 0.6) is 0 Å². The minimum absolute atomic E-state index is 0.600. The summed E-state index contributed by atoms with van der Waals surface area (Å²) < 4.78 is 1.56. The summed E-state index contributed by atoms with van der Waals surface area (Å²) in [5.74, 6) is 0.600. The summed E-state index contributed by atoms with van der Waals surface area (Å²) in [5.41, 5.74) is 6.00. The molecule has 41 heavy (non-hydrogen) atoms. The number of aryl methyl sites for hydroxylation is 3. The summed E-state index contributed by atoms with van der Waals surface area (Å²) in [5, 5.41) is 6.30. The van der Waals surface area contributed by atoms with Gasteiger partial charge >= 0.3 is 265 Å². The third-order valence-corrected chi connectivity index (χ3v) is 15.6. The van der Waals surface area contributed by atoms with Crippen LogP contribution in [-0.2, 0) is 39.7 Å². The Bertz CT molecular complexity index is 1170. The zero-order chi connectivity index (χ0) is 29.2. The number of benzene rings is 3. The molecule has 0 saturated heterocycles. The van der Waals surface area contributed by atoms with E-state index < -0.39 is 8.07 Å². The van der Waals surface area contributed by atoms with Crippen LogP contribution in [0.15, 0.2) is 93.5 Å². The van der Waals surface area contributed by atoms with Gasteiger partial charge in [0, 0.05) is 0 Å². The van der Waals surface area contributed by atoms with Crippen LogP contribution < -0.4 is 15.6 Å². The van der Waals surface area contributed by atoms with E-state index in [1.165, 1.54) is 96.5 Å². The molecular formula is C39H51SiTi. The molecule has 0 aliphatic heterocycles. The quantitative estimate of drug-likeness (QED) is 0.122. The van der Waals surface area contributed by atoms with Gasteiger partial charge in [-0.15, -0.1) is 0 Å². The van der Waals surface area contributed by atoms with E-state index >= 15 is 0 Å². The van der Waals surface area contributed by atoms with Crippen LogP contribution in [0.25, 0.3) is 0 Å². The van der Waals surface area contributed by atoms with Gasteiger partial charge < -0.3 is 0 Å². The Morgan fingerprint density at radius 2 is 0.976 bits per heavy atom. The SMILES string of the molecule is CCCCc1ccc([Si](C2=[C]([Ti])C(C(C)CC)=CC2)(c2ccc(CCCC)cc2)c2ccc(CCCC)cc2)cc1. The first-order valence-corrected chi connectivity index (χ1v) is 19.2. The summed E-state index contributed by atoms with van der Waals surface area (Å²) in [6.45, 7) is 11.6. The van der Waals surface area contributed by atoms with Crippen molar-refractivity contribution in [1.82, 2.24) is 0 Å². The van der Waals surface area contributed by atoms with E-state index in [0.29, 0.717) is 5.92 Å². The van der Waals surface area contributed by atoms with Gasteiger partial charge in [-0.25, -0.2) is 0 Å². The average molecular weight is 596 g/mol. The van der Waals surface area contributed by atoms with Crippen molar-refractivity contribution in [1.29, 1.82) is 0 Å². The van der Waals surface area contributed by atoms with E-state index in [1.807, 2.05) is 0 Å². The van der Waals surface area contributed by atoms with Gasteiger partial charge in [0.2, 0.25) is 0 Å². The number of allylic oxidation sites excluding steroid dienone is 4. The molecule has 1 aliphatic carbocycles. The molecule has 4 rings (SSSR count). The van der Waals surface area contributed by atoms with Crippen molar-refractivity contribution in [2.24, 2.45) is 5.92 Å². The molecule has 0 amide bonds. The Labute approximate surface area is 264 Å². The van der Waals surface area contributed by atoms with Crippen LogP contribution in [0.4, 0.5) is 0 Å². The molecule has 0 spiro atoms. The maximum absolute atomic E-state index is 2.57. The normalized spacial score (nSPS) is 14.4. The first-order valence-electron chi connectivity index (χ1n) is 16.4. The molecule has 0 heterocycles. The van der Waals surface area contributed by atoms with Crippen molar-refractivity contribution in [2.75, 3.05) is 0 Å². The molecule has 0 saturated carbocycles. The maximum atomic E-state index is 2.57. The minimum atomic E-state index is -2.49. The molecular weight excluding hydrogens is 544 g/mol. The second kappa shape index (κ2) is 15.5. The molecule has 3 aromatic rings. The zero-order valence-electron chi connectivity index (χ0n) is 26.4. The molecule has 215 valence electrons. The monoisotopic (exact) mass is 595 g/mol. The Morgan fingerprint density at radius 1 is 0.610 bits per heavy atom. The molecule has 1 aliphatic rings. The number of hydrogen-bond donors (Lipinski definition) is 0. The van der Waals surface area contributed by atoms with Crippen molar-refractivity contribution in [3.05, 3.63) is 110 Å². The molecule has 1 atom stereocenters. The number of hydrogen-bond acceptors (Lipinski definition) is 0. The second-order valence-corrected chi connectivity index (χ2v) is 16.8. The molecule has 0 nitrogen and oxygen atoms in total. The van der Waals surface area contributed by atoms with E-state index in [0.717, 1.165) is 6.42 Å². The first-order chi connectivity index (χ1) is 20.0. The van der Waals surface area contributed by atoms with Gasteiger partial charge in [-0.1, -0.05) is 0 Å². The van der Waals surface area contributed by atoms with Gasteiger partial charge in [0.15, 0.2) is 0 Å². The van der Waals surface area contributed by atoms with Gasteiger partial charge in [0.25, 0.3) is 0 Å². The van der Waals surface area contributed by atoms with Gasteiger partial charge in [-0.2, -0.15) is 0 Å². The summed E-state index contributed by atoms with van der Waals surface area (Å²) in [7, 11) is -2.49. The predicted molar refractivity (Wildman–Crippen MR) is 179 cm³/mol. The molecule has 0 N–H and O–H groups in total. The van der Waals surface area contributed by atoms with Crippen LogP contribution in [0.3, 0.4) is 0 Å². The van der Waals surface area contributed by atoms with Crippen molar-refractivity contribution in [3.63, 3.8) is 0 Å². The average Bonchev–Trinajstić information content (AvgIpc) is 3.40. The molecule has 3 aromatic carbocycles. The van der Waals surface area contributed by atoms with E-state index in [-0.39, 0.29) is 0 Å². The standard InChI is InChI=1S/C39H51Si.Ti/c1-6-10-13-32-16-23-36(24-17-32)40(39-29-22-35(30-39)31(5)9-4,37-25-18-33(19-26-37)14-11-7-2)38-27-20-34(21-28-38)15-12-8-3;/h16-28,31H,6-15,29H2,1-5H3;. The molecule has 0 fully saturated rings. The van der Waals surface area contributed by atoms with Crippen molar-refractivity contribution in [2.45, 2.75) is 105 Å². The Kier molecular flexibility index (Phi) is 12.1. The van der Waals surface area contributed by atoms with Crippen LogP contribution in [-0.4, -0.2) is 8.07 Å². The predicted octanol–water partition coefficient (Wildman–Crippen LogP) is 8.90. The Morgan fingerprint density at radius 3 is 1.29 bits per heavy atom. The topological polar surface area (TPSA) is 0 Å². The van der Waals surface area contributed by atoms with Gasteiger partial charge in [-0.05, 0) is 0 Å². The Hall–Kier alpha value is -1.93. The molecule has 0 radical (unpaired) electrons. The van der Waals surface area contributed by atoms with Gasteiger partial charge in [0.05, 0.1) is 0 Å². The van der Waals surface area contributed by atoms with E-state index in [9.17, 15) is 0 Å². The van der Waals surface area contributed by atoms with Crippen LogP contribution >= 0.6 is 0 Å². The first kappa shape index (κ1) is 32.0. The molecule has 0 bridgehead atoms. The van der Waals surface area contributed by atoms with E-state index in [1.54, 1.807) is 14.6 Å². The molecule has 0 aromatic heterocycles. The third-order valence-electron chi connectivity index (χ3n) is 9.33. The fraction of sp³-hybridized carbons (Fsp3) is 0.436. The second-order valence-electron chi connectivity index (χ2n) is 12.2. The summed E-state index contributed by atoms with van der Waals surface area (Å²) in [6, 6.07) is 29.7. The van der Waals surface area contributed by atoms with Crippen molar-refractivity contribution in [3.8, 4) is 0 Å². The van der Waals surface area contributed by atoms with Gasteiger partial charge in [0.1, 0.15) is 0 Å². The van der Waals surface area contributed by atoms with Crippen LogP contribution in [0, 0.1) is 5.92 Å². The summed E-state index contributed by atoms with van der Waals surface area (Å²) in [4.78, 5) is 0. The number of rotatable bonds is 15. The van der Waals surface area contributed by atoms with Crippen molar-refractivity contribution >= 4 is 23.6 Å². The summed E-state index contributed by atoms with van der Waals surface area (Å²) in [6.07, 6.45) is 15.8. The number of unbranched alkanes of at least 4 members (excludes halogenated alkanes) is 3. The van der Waals surface area contributed by atoms with E-state index in [4.69, 9.17) is 0 Å². The molecule has 1 unspecified atom stereocenters. The molecule has 2 heteroatoms. The zero-order valence-corrected chi connectivity index (χ0v) is 28.9. The fourth-order valence-corrected chi connectivity index (χ4v) is 13.1.